The third-order valence-corrected chi connectivity index (χ3v) is 2.88. The highest BCUT2D eigenvalue weighted by molar-refractivity contribution is 8.01. The van der Waals surface area contributed by atoms with Crippen LogP contribution in [0.2, 0.25) is 0 Å². The van der Waals surface area contributed by atoms with Crippen molar-refractivity contribution in [3.8, 4) is 0 Å². The number of rotatable bonds is 3. The quantitative estimate of drug-likeness (QED) is 0.739. The lowest BCUT2D eigenvalue weighted by Gasteiger charge is -2.20. The first kappa shape index (κ1) is 13.2. The van der Waals surface area contributed by atoms with Gasteiger partial charge in [0.15, 0.2) is 0 Å². The molecular formula is C11H14F3NS. The molecular weight excluding hydrogens is 235 g/mol. The standard InChI is InChI=1S/C11H14F3NS/c1-8(2)16-15(3)10-6-4-9(5-7-10)11(12,13)14/h4-8H,1-3H3. The second kappa shape index (κ2) is 4.99. The number of nitrogens with zero attached hydrogens (tertiary/aromatic N) is 1. The van der Waals surface area contributed by atoms with Crippen LogP contribution in [0.4, 0.5) is 18.9 Å². The van der Waals surface area contributed by atoms with Crippen LogP contribution in [0.15, 0.2) is 24.3 Å². The Balaban J connectivity index is 2.79. The molecule has 0 N–H and O–H groups in total. The Kier molecular flexibility index (Phi) is 4.13. The van der Waals surface area contributed by atoms with Gasteiger partial charge in [-0.2, -0.15) is 13.2 Å². The molecule has 5 heteroatoms. The second-order valence-corrected chi connectivity index (χ2v) is 5.40. The number of hydrogen-bond acceptors (Lipinski definition) is 2. The van der Waals surface area contributed by atoms with Crippen LogP contribution in [-0.4, -0.2) is 12.3 Å². The minimum Gasteiger partial charge on any atom is -0.319 e. The fourth-order valence-electron chi connectivity index (χ4n) is 1.24. The summed E-state index contributed by atoms with van der Waals surface area (Å²) in [6, 6.07) is 5.18. The highest BCUT2D eigenvalue weighted by Gasteiger charge is 2.30. The van der Waals surface area contributed by atoms with Gasteiger partial charge in [-0.15, -0.1) is 0 Å². The number of hydrogen-bond donors (Lipinski definition) is 0. The molecule has 0 saturated carbocycles. The lowest BCUT2D eigenvalue weighted by molar-refractivity contribution is -0.137. The van der Waals surface area contributed by atoms with Crippen molar-refractivity contribution in [1.29, 1.82) is 0 Å². The minimum atomic E-state index is -4.26. The topological polar surface area (TPSA) is 3.24 Å². The fraction of sp³-hybridized carbons (Fsp3) is 0.455. The van der Waals surface area contributed by atoms with Gasteiger partial charge in [0.2, 0.25) is 0 Å². The smallest absolute Gasteiger partial charge is 0.319 e. The first-order valence-corrected chi connectivity index (χ1v) is 5.72. The third-order valence-electron chi connectivity index (χ3n) is 1.93. The van der Waals surface area contributed by atoms with E-state index >= 15 is 0 Å². The second-order valence-electron chi connectivity index (χ2n) is 3.70. The normalized spacial score (nSPS) is 11.9. The molecule has 1 aromatic carbocycles. The van der Waals surface area contributed by atoms with Gasteiger partial charge < -0.3 is 4.31 Å². The monoisotopic (exact) mass is 249 g/mol. The molecule has 0 aromatic heterocycles. The Morgan fingerprint density at radius 1 is 1.12 bits per heavy atom. The Hall–Kier alpha value is -0.840. The molecule has 16 heavy (non-hydrogen) atoms. The molecule has 0 atom stereocenters. The molecule has 90 valence electrons. The molecule has 0 spiro atoms. The van der Waals surface area contributed by atoms with Gasteiger partial charge >= 0.3 is 6.18 Å². The zero-order valence-corrected chi connectivity index (χ0v) is 10.2. The summed E-state index contributed by atoms with van der Waals surface area (Å²) in [7, 11) is 1.84. The first-order valence-electron chi connectivity index (χ1n) is 4.88. The van der Waals surface area contributed by atoms with Crippen molar-refractivity contribution < 1.29 is 13.2 Å². The van der Waals surface area contributed by atoms with E-state index in [1.54, 1.807) is 11.9 Å². The van der Waals surface area contributed by atoms with Crippen LogP contribution < -0.4 is 4.31 Å². The largest absolute Gasteiger partial charge is 0.416 e. The molecule has 0 radical (unpaired) electrons. The van der Waals surface area contributed by atoms with E-state index in [-0.39, 0.29) is 0 Å². The van der Waals surface area contributed by atoms with Crippen LogP contribution in [0.5, 0.6) is 0 Å². The molecule has 0 aliphatic heterocycles. The summed E-state index contributed by atoms with van der Waals surface area (Å²) in [5, 5.41) is 0.396. The van der Waals surface area contributed by atoms with E-state index in [0.29, 0.717) is 5.25 Å². The van der Waals surface area contributed by atoms with E-state index < -0.39 is 11.7 Å². The highest BCUT2D eigenvalue weighted by atomic mass is 32.2. The molecule has 0 amide bonds. The molecule has 0 unspecified atom stereocenters. The third kappa shape index (κ3) is 3.63. The molecule has 1 aromatic rings. The van der Waals surface area contributed by atoms with Crippen molar-refractivity contribution in [2.75, 3.05) is 11.4 Å². The Labute approximate surface area is 97.8 Å². The summed E-state index contributed by atoms with van der Waals surface area (Å²) < 4.78 is 38.8. The van der Waals surface area contributed by atoms with Gasteiger partial charge in [0.1, 0.15) is 0 Å². The summed E-state index contributed by atoms with van der Waals surface area (Å²) in [6.45, 7) is 4.07. The lowest BCUT2D eigenvalue weighted by Crippen LogP contribution is -2.11. The molecule has 1 nitrogen and oxygen atoms in total. The molecule has 1 rings (SSSR count). The first-order chi connectivity index (χ1) is 7.30. The van der Waals surface area contributed by atoms with Crippen LogP contribution in [0.1, 0.15) is 19.4 Å². The highest BCUT2D eigenvalue weighted by Crippen LogP contribution is 2.31. The summed E-state index contributed by atoms with van der Waals surface area (Å²) in [5.41, 5.74) is 0.158. The van der Waals surface area contributed by atoms with E-state index in [1.165, 1.54) is 12.1 Å². The van der Waals surface area contributed by atoms with E-state index in [9.17, 15) is 13.2 Å². The van der Waals surface area contributed by atoms with E-state index in [2.05, 4.69) is 0 Å². The Bertz CT molecular complexity index is 332. The van der Waals surface area contributed by atoms with Crippen molar-refractivity contribution in [3.05, 3.63) is 29.8 Å². The maximum Gasteiger partial charge on any atom is 0.416 e. The Morgan fingerprint density at radius 3 is 2.00 bits per heavy atom. The molecule has 0 saturated heterocycles. The molecule has 0 bridgehead atoms. The van der Waals surface area contributed by atoms with Crippen molar-refractivity contribution in [1.82, 2.24) is 0 Å². The van der Waals surface area contributed by atoms with Crippen LogP contribution in [0.3, 0.4) is 0 Å². The summed E-state index contributed by atoms with van der Waals surface area (Å²) >= 11 is 1.57. The average molecular weight is 249 g/mol. The average Bonchev–Trinajstić information content (AvgIpc) is 2.15. The number of alkyl halides is 3. The predicted molar refractivity (Wildman–Crippen MR) is 62.6 cm³/mol. The zero-order chi connectivity index (χ0) is 12.3. The number of benzene rings is 1. The van der Waals surface area contributed by atoms with Gasteiger partial charge in [0, 0.05) is 18.0 Å². The Morgan fingerprint density at radius 2 is 1.62 bits per heavy atom. The lowest BCUT2D eigenvalue weighted by atomic mass is 10.2. The van der Waals surface area contributed by atoms with Gasteiger partial charge in [-0.3, -0.25) is 0 Å². The van der Waals surface area contributed by atoms with Crippen molar-refractivity contribution in [3.63, 3.8) is 0 Å². The van der Waals surface area contributed by atoms with Gasteiger partial charge in [-0.05, 0) is 36.2 Å². The van der Waals surface area contributed by atoms with Crippen molar-refractivity contribution >= 4 is 17.6 Å². The summed E-state index contributed by atoms with van der Waals surface area (Å²) in [5.74, 6) is 0. The van der Waals surface area contributed by atoms with E-state index in [4.69, 9.17) is 0 Å². The van der Waals surface area contributed by atoms with Crippen molar-refractivity contribution in [2.24, 2.45) is 0 Å². The van der Waals surface area contributed by atoms with Gasteiger partial charge in [-0.25, -0.2) is 0 Å². The van der Waals surface area contributed by atoms with Crippen molar-refractivity contribution in [2.45, 2.75) is 25.3 Å². The van der Waals surface area contributed by atoms with Crippen LogP contribution in [-0.2, 0) is 6.18 Å². The summed E-state index contributed by atoms with van der Waals surface area (Å²) in [4.78, 5) is 0. The molecule has 0 fully saturated rings. The van der Waals surface area contributed by atoms with E-state index in [0.717, 1.165) is 17.8 Å². The van der Waals surface area contributed by atoms with E-state index in [1.807, 2.05) is 25.2 Å². The number of anilines is 1. The molecule has 0 aliphatic rings. The van der Waals surface area contributed by atoms with Gasteiger partial charge in [0.25, 0.3) is 0 Å². The predicted octanol–water partition coefficient (Wildman–Crippen LogP) is 4.20. The van der Waals surface area contributed by atoms with Gasteiger partial charge in [0.05, 0.1) is 5.56 Å². The summed E-state index contributed by atoms with van der Waals surface area (Å²) in [6.07, 6.45) is -4.26. The zero-order valence-electron chi connectivity index (χ0n) is 9.38. The molecule has 0 aliphatic carbocycles. The fourth-order valence-corrected chi connectivity index (χ4v) is 2.11. The van der Waals surface area contributed by atoms with Gasteiger partial charge in [-0.1, -0.05) is 13.8 Å². The maximum atomic E-state index is 12.3. The SMILES string of the molecule is CC(C)SN(C)c1ccc(C(F)(F)F)cc1. The maximum absolute atomic E-state index is 12.3. The van der Waals surface area contributed by atoms with Crippen LogP contribution in [0, 0.1) is 0 Å². The van der Waals surface area contributed by atoms with Crippen LogP contribution >= 0.6 is 11.9 Å². The van der Waals surface area contributed by atoms with Crippen LogP contribution in [0.25, 0.3) is 0 Å². The minimum absolute atomic E-state index is 0.396. The molecule has 0 heterocycles. The number of halogens is 3.